The van der Waals surface area contributed by atoms with Crippen LogP contribution in [0.15, 0.2) is 84.6 Å². The highest BCUT2D eigenvalue weighted by atomic mass is 35.5. The number of hydrogen-bond acceptors (Lipinski definition) is 8. The Hall–Kier alpha value is -4.30. The predicted molar refractivity (Wildman–Crippen MR) is 132 cm³/mol. The molecule has 0 saturated carbocycles. The van der Waals surface area contributed by atoms with Gasteiger partial charge in [0.2, 0.25) is 0 Å². The van der Waals surface area contributed by atoms with Crippen LogP contribution in [0.2, 0.25) is 5.02 Å². The molecule has 1 fully saturated rings. The number of hydrogen-bond donors (Lipinski definition) is 1. The molecule has 0 unspecified atom stereocenters. The highest BCUT2D eigenvalue weighted by Crippen LogP contribution is 2.40. The van der Waals surface area contributed by atoms with Gasteiger partial charge in [-0.15, -0.1) is 0 Å². The van der Waals surface area contributed by atoms with Crippen molar-refractivity contribution >= 4 is 35.2 Å². The maximum atomic E-state index is 12.7. The average molecular weight is 508 g/mol. The van der Waals surface area contributed by atoms with Crippen LogP contribution < -0.4 is 14.8 Å². The first-order valence-corrected chi connectivity index (χ1v) is 11.3. The summed E-state index contributed by atoms with van der Waals surface area (Å²) in [5.74, 6) is -3.51. The highest BCUT2D eigenvalue weighted by Gasteiger charge is 2.39. The Labute approximate surface area is 212 Å². The molecule has 8 nitrogen and oxygen atoms in total. The van der Waals surface area contributed by atoms with E-state index in [1.807, 2.05) is 30.3 Å². The van der Waals surface area contributed by atoms with E-state index < -0.39 is 23.7 Å². The van der Waals surface area contributed by atoms with E-state index in [1.165, 1.54) is 26.0 Å². The molecular weight excluding hydrogens is 486 g/mol. The summed E-state index contributed by atoms with van der Waals surface area (Å²) in [6, 6.07) is 20.7. The predicted octanol–water partition coefficient (Wildman–Crippen LogP) is 5.27. The Bertz CT molecular complexity index is 1300. The van der Waals surface area contributed by atoms with E-state index >= 15 is 0 Å². The summed E-state index contributed by atoms with van der Waals surface area (Å²) in [6.07, 6.45) is 1.13. The van der Waals surface area contributed by atoms with Crippen LogP contribution in [0.1, 0.15) is 29.8 Å². The number of nitrogens with one attached hydrogen (secondary N) is 1. The Morgan fingerprint density at radius 2 is 1.58 bits per heavy atom. The van der Waals surface area contributed by atoms with Gasteiger partial charge in [0, 0.05) is 31.1 Å². The fraction of sp³-hybridized carbons (Fsp3) is 0.148. The van der Waals surface area contributed by atoms with Gasteiger partial charge < -0.3 is 24.3 Å². The van der Waals surface area contributed by atoms with E-state index in [1.54, 1.807) is 30.3 Å². The summed E-state index contributed by atoms with van der Waals surface area (Å²) >= 11 is 6.29. The number of anilines is 1. The van der Waals surface area contributed by atoms with E-state index in [0.29, 0.717) is 5.56 Å². The van der Waals surface area contributed by atoms with E-state index in [-0.39, 0.29) is 34.4 Å². The molecule has 0 spiro atoms. The van der Waals surface area contributed by atoms with Crippen LogP contribution >= 0.6 is 11.6 Å². The number of rotatable bonds is 7. The third-order valence-electron chi connectivity index (χ3n) is 4.95. The Balaban J connectivity index is 1.67. The number of ether oxygens (including phenoxy) is 4. The first-order valence-electron chi connectivity index (χ1n) is 10.9. The molecule has 3 aromatic rings. The van der Waals surface area contributed by atoms with Gasteiger partial charge >= 0.3 is 17.9 Å². The molecule has 184 valence electrons. The molecule has 0 aromatic heterocycles. The number of esters is 3. The second-order valence-electron chi connectivity index (χ2n) is 8.19. The number of halogens is 1. The third-order valence-corrected chi connectivity index (χ3v) is 5.16. The van der Waals surface area contributed by atoms with E-state index in [9.17, 15) is 14.4 Å². The third kappa shape index (κ3) is 6.03. The average Bonchev–Trinajstić information content (AvgIpc) is 2.83. The number of cyclic esters (lactones) is 2. The summed E-state index contributed by atoms with van der Waals surface area (Å²) in [7, 11) is 0. The molecule has 1 saturated heterocycles. The van der Waals surface area contributed by atoms with Gasteiger partial charge in [-0.2, -0.15) is 0 Å². The van der Waals surface area contributed by atoms with Crippen molar-refractivity contribution in [2.45, 2.75) is 26.2 Å². The lowest BCUT2D eigenvalue weighted by Gasteiger charge is -2.29. The largest absolute Gasteiger partial charge is 0.483 e. The number of benzene rings is 3. The van der Waals surface area contributed by atoms with Crippen molar-refractivity contribution in [1.29, 1.82) is 0 Å². The van der Waals surface area contributed by atoms with Crippen LogP contribution in [0.25, 0.3) is 0 Å². The van der Waals surface area contributed by atoms with Crippen molar-refractivity contribution < 1.29 is 33.3 Å². The quantitative estimate of drug-likeness (QED) is 0.200. The SMILES string of the molecule is CC1(C)OC(=O)C(=CNc2cc(Cl)cc(OC(=O)c3ccccc3)c2OCc2ccccc2)C(=O)O1. The Kier molecular flexibility index (Phi) is 7.26. The second-order valence-corrected chi connectivity index (χ2v) is 8.63. The normalized spacial score (nSPS) is 14.4. The van der Waals surface area contributed by atoms with Gasteiger partial charge in [0.15, 0.2) is 17.1 Å². The van der Waals surface area contributed by atoms with Gasteiger partial charge in [-0.3, -0.25) is 0 Å². The zero-order chi connectivity index (χ0) is 25.7. The van der Waals surface area contributed by atoms with Gasteiger partial charge in [-0.1, -0.05) is 60.1 Å². The van der Waals surface area contributed by atoms with Crippen molar-refractivity contribution in [3.05, 3.63) is 101 Å². The lowest BCUT2D eigenvalue weighted by molar-refractivity contribution is -0.222. The van der Waals surface area contributed by atoms with Crippen LogP contribution in [-0.2, 0) is 25.7 Å². The van der Waals surface area contributed by atoms with Crippen LogP contribution in [0, 0.1) is 0 Å². The first kappa shape index (κ1) is 24.8. The highest BCUT2D eigenvalue weighted by molar-refractivity contribution is 6.31. The fourth-order valence-electron chi connectivity index (χ4n) is 3.29. The minimum atomic E-state index is -1.37. The molecule has 3 aromatic carbocycles. The molecule has 4 rings (SSSR count). The maximum absolute atomic E-state index is 12.7. The zero-order valence-corrected chi connectivity index (χ0v) is 20.2. The molecule has 36 heavy (non-hydrogen) atoms. The minimum Gasteiger partial charge on any atom is -0.483 e. The molecule has 0 aliphatic carbocycles. The molecule has 0 bridgehead atoms. The van der Waals surface area contributed by atoms with Gasteiger partial charge in [-0.05, 0) is 23.8 Å². The van der Waals surface area contributed by atoms with Gasteiger partial charge in [0.25, 0.3) is 5.79 Å². The standard InChI is InChI=1S/C27H22ClNO7/c1-27(2)35-25(31)20(26(32)36-27)15-29-21-13-19(28)14-22(34-24(30)18-11-7-4-8-12-18)23(21)33-16-17-9-5-3-6-10-17/h3-15,29H,16H2,1-2H3. The minimum absolute atomic E-state index is 0.0446. The van der Waals surface area contributed by atoms with E-state index in [2.05, 4.69) is 5.32 Å². The van der Waals surface area contributed by atoms with E-state index in [4.69, 9.17) is 30.5 Å². The molecule has 1 aliphatic rings. The summed E-state index contributed by atoms with van der Waals surface area (Å²) in [5, 5.41) is 3.05. The Morgan fingerprint density at radius 1 is 0.972 bits per heavy atom. The van der Waals surface area contributed by atoms with Crippen LogP contribution in [0.5, 0.6) is 11.5 Å². The second kappa shape index (κ2) is 10.5. The molecule has 1 aliphatic heterocycles. The first-order chi connectivity index (χ1) is 17.2. The molecule has 0 radical (unpaired) electrons. The topological polar surface area (TPSA) is 100 Å². The van der Waals surface area contributed by atoms with Crippen molar-refractivity contribution in [3.8, 4) is 11.5 Å². The fourth-order valence-corrected chi connectivity index (χ4v) is 3.50. The van der Waals surface area contributed by atoms with Gasteiger partial charge in [0.05, 0.1) is 11.3 Å². The molecule has 1 N–H and O–H groups in total. The van der Waals surface area contributed by atoms with Crippen LogP contribution in [0.3, 0.4) is 0 Å². The summed E-state index contributed by atoms with van der Waals surface area (Å²) in [4.78, 5) is 37.4. The lowest BCUT2D eigenvalue weighted by Crippen LogP contribution is -2.42. The number of carbonyl (C=O) groups excluding carboxylic acids is 3. The zero-order valence-electron chi connectivity index (χ0n) is 19.4. The van der Waals surface area contributed by atoms with Crippen molar-refractivity contribution in [2.75, 3.05) is 5.32 Å². The van der Waals surface area contributed by atoms with Crippen LogP contribution in [-0.4, -0.2) is 23.7 Å². The number of carbonyl (C=O) groups is 3. The summed E-state index contributed by atoms with van der Waals surface area (Å²) in [6.45, 7) is 3.04. The lowest BCUT2D eigenvalue weighted by atomic mass is 10.2. The maximum Gasteiger partial charge on any atom is 0.350 e. The molecule has 0 amide bonds. The molecule has 1 heterocycles. The summed E-state index contributed by atoms with van der Waals surface area (Å²) < 4.78 is 21.8. The van der Waals surface area contributed by atoms with Crippen molar-refractivity contribution in [2.24, 2.45) is 0 Å². The Morgan fingerprint density at radius 3 is 2.22 bits per heavy atom. The van der Waals surface area contributed by atoms with Crippen molar-refractivity contribution in [3.63, 3.8) is 0 Å². The molecule has 0 atom stereocenters. The van der Waals surface area contributed by atoms with Gasteiger partial charge in [-0.25, -0.2) is 14.4 Å². The molecular formula is C27H22ClNO7. The van der Waals surface area contributed by atoms with Crippen molar-refractivity contribution in [1.82, 2.24) is 0 Å². The monoisotopic (exact) mass is 507 g/mol. The smallest absolute Gasteiger partial charge is 0.350 e. The van der Waals surface area contributed by atoms with Gasteiger partial charge in [0.1, 0.15) is 6.61 Å². The molecule has 9 heteroatoms. The van der Waals surface area contributed by atoms with E-state index in [0.717, 1.165) is 11.8 Å². The van der Waals surface area contributed by atoms with Crippen LogP contribution in [0.4, 0.5) is 5.69 Å². The summed E-state index contributed by atoms with van der Waals surface area (Å²) in [5.41, 5.74) is 1.08.